The van der Waals surface area contributed by atoms with Crippen molar-refractivity contribution in [3.63, 3.8) is 0 Å². The number of phenolic OH excluding ortho intramolecular Hbond substituents is 1. The van der Waals surface area contributed by atoms with Crippen LogP contribution >= 0.6 is 0 Å². The molecule has 0 aliphatic rings. The SMILES string of the molecule is [13CH3][13C](=O)[15NH]c1ccc(O)cc1. The Kier molecular flexibility index (Phi) is 2.11. The molecule has 0 radical (unpaired) electrons. The number of amides is 1. The maximum absolute atomic E-state index is 10.5. The van der Waals surface area contributed by atoms with Crippen LogP contribution in [0.5, 0.6) is 5.75 Å². The van der Waals surface area contributed by atoms with Crippen molar-refractivity contribution >= 4 is 11.6 Å². The van der Waals surface area contributed by atoms with E-state index in [2.05, 4.69) is 5.32 Å². The molecule has 0 fully saturated rings. The minimum absolute atomic E-state index is 0.115. The molecule has 0 atom stereocenters. The molecule has 0 saturated carbocycles. The van der Waals surface area contributed by atoms with Gasteiger partial charge >= 0.3 is 0 Å². The Morgan fingerprint density at radius 1 is 1.36 bits per heavy atom. The molecular weight excluding hydrogens is 145 g/mol. The first-order valence-electron chi connectivity index (χ1n) is 3.25. The van der Waals surface area contributed by atoms with Crippen LogP contribution < -0.4 is 5.32 Å². The highest BCUT2D eigenvalue weighted by Crippen LogP contribution is 2.13. The van der Waals surface area contributed by atoms with E-state index < -0.39 is 0 Å². The average Bonchev–Trinajstić information content (AvgIpc) is 1.93. The molecule has 0 aromatic heterocycles. The number of hydrogen-bond donors (Lipinski definition) is 2. The van der Waals surface area contributed by atoms with E-state index in [-0.39, 0.29) is 11.7 Å². The summed E-state index contributed by atoms with van der Waals surface area (Å²) >= 11 is 0. The summed E-state index contributed by atoms with van der Waals surface area (Å²) in [6.07, 6.45) is 0. The van der Waals surface area contributed by atoms with Gasteiger partial charge in [0.15, 0.2) is 0 Å². The van der Waals surface area contributed by atoms with E-state index >= 15 is 0 Å². The van der Waals surface area contributed by atoms with Gasteiger partial charge < -0.3 is 10.4 Å². The van der Waals surface area contributed by atoms with Crippen LogP contribution in [0.1, 0.15) is 6.92 Å². The Balaban J connectivity index is 2.74. The van der Waals surface area contributed by atoms with Crippen molar-refractivity contribution < 1.29 is 9.90 Å². The molecule has 1 aromatic carbocycles. The van der Waals surface area contributed by atoms with Gasteiger partial charge in [-0.25, -0.2) is 0 Å². The summed E-state index contributed by atoms with van der Waals surface area (Å²) < 4.78 is 0. The number of aromatic hydroxyl groups is 1. The molecule has 0 aliphatic heterocycles. The Labute approximate surface area is 64.7 Å². The van der Waals surface area contributed by atoms with Gasteiger partial charge in [-0.1, -0.05) is 0 Å². The van der Waals surface area contributed by atoms with Crippen LogP contribution in [0.25, 0.3) is 0 Å². The first-order valence-corrected chi connectivity index (χ1v) is 3.25. The zero-order chi connectivity index (χ0) is 8.27. The molecule has 0 unspecified atom stereocenters. The summed E-state index contributed by atoms with van der Waals surface area (Å²) in [5, 5.41) is 11.5. The van der Waals surface area contributed by atoms with E-state index in [0.29, 0.717) is 5.69 Å². The number of rotatable bonds is 1. The van der Waals surface area contributed by atoms with E-state index in [1.165, 1.54) is 19.1 Å². The van der Waals surface area contributed by atoms with Crippen LogP contribution in [0, 0.1) is 0 Å². The Hall–Kier alpha value is -1.51. The Morgan fingerprint density at radius 3 is 2.36 bits per heavy atom. The van der Waals surface area contributed by atoms with Crippen LogP contribution in [-0.2, 0) is 4.79 Å². The third-order valence-corrected chi connectivity index (χ3v) is 1.19. The maximum atomic E-state index is 10.5. The molecule has 0 bridgehead atoms. The molecule has 3 heteroatoms. The van der Waals surface area contributed by atoms with Gasteiger partial charge in [0.2, 0.25) is 5.91 Å². The zero-order valence-electron chi connectivity index (χ0n) is 6.16. The second-order valence-corrected chi connectivity index (χ2v) is 2.23. The van der Waals surface area contributed by atoms with E-state index in [4.69, 9.17) is 5.11 Å². The minimum Gasteiger partial charge on any atom is -0.508 e. The van der Waals surface area contributed by atoms with Crippen LogP contribution in [0.3, 0.4) is 0 Å². The molecule has 0 saturated heterocycles. The summed E-state index contributed by atoms with van der Waals surface area (Å²) in [6.45, 7) is 1.44. The lowest BCUT2D eigenvalue weighted by molar-refractivity contribution is -0.114. The summed E-state index contributed by atoms with van der Waals surface area (Å²) in [5.41, 5.74) is 0.690. The lowest BCUT2D eigenvalue weighted by atomic mass is 10.3. The topological polar surface area (TPSA) is 49.3 Å². The van der Waals surface area contributed by atoms with Crippen LogP contribution in [0.4, 0.5) is 5.69 Å². The van der Waals surface area contributed by atoms with E-state index in [9.17, 15) is 4.79 Å². The predicted molar refractivity (Wildman–Crippen MR) is 42.4 cm³/mol. The number of benzene rings is 1. The van der Waals surface area contributed by atoms with Gasteiger partial charge in [-0.3, -0.25) is 4.79 Å². The number of hydrogen-bond acceptors (Lipinski definition) is 2. The van der Waals surface area contributed by atoms with Crippen molar-refractivity contribution in [1.29, 1.82) is 0 Å². The normalized spacial score (nSPS) is 9.18. The predicted octanol–water partition coefficient (Wildman–Crippen LogP) is 1.35. The molecule has 2 N–H and O–H groups in total. The summed E-state index contributed by atoms with van der Waals surface area (Å²) in [5.74, 6) is 0.0785. The van der Waals surface area contributed by atoms with Gasteiger partial charge in [-0.15, -0.1) is 0 Å². The molecule has 1 aromatic rings. The van der Waals surface area contributed by atoms with Crippen LogP contribution in [0.2, 0.25) is 0 Å². The summed E-state index contributed by atoms with van der Waals surface area (Å²) in [7, 11) is 0. The number of nitrogens with one attached hydrogen (secondary N) is 1. The van der Waals surface area contributed by atoms with Gasteiger partial charge in [0.05, 0.1) is 0 Å². The molecule has 1 amide bonds. The largest absolute Gasteiger partial charge is 0.508 e. The number of anilines is 1. The molecule has 0 aliphatic carbocycles. The van der Waals surface area contributed by atoms with Crippen molar-refractivity contribution in [2.45, 2.75) is 6.92 Å². The number of carbonyl (C=O) groups excluding carboxylic acids is 1. The van der Waals surface area contributed by atoms with Crippen molar-refractivity contribution in [3.05, 3.63) is 24.3 Å². The molecule has 58 valence electrons. The molecule has 0 spiro atoms. The van der Waals surface area contributed by atoms with E-state index in [1.807, 2.05) is 0 Å². The summed E-state index contributed by atoms with van der Waals surface area (Å²) in [6, 6.07) is 6.31. The number of phenols is 1. The molecular formula is C8H9NO2. The Morgan fingerprint density at radius 2 is 1.91 bits per heavy atom. The Bertz CT molecular complexity index is 253. The van der Waals surface area contributed by atoms with Gasteiger partial charge in [0, 0.05) is 12.6 Å². The van der Waals surface area contributed by atoms with Gasteiger partial charge in [0.25, 0.3) is 0 Å². The van der Waals surface area contributed by atoms with Crippen molar-refractivity contribution in [1.82, 2.24) is 0 Å². The standard InChI is InChI=1S/C8H9NO2/c1-6(10)9-7-2-4-8(11)5-3-7/h2-5,11H,1H3,(H,9,10)/i1+1,6+1,9+1. The second kappa shape index (κ2) is 3.05. The molecule has 0 heterocycles. The lowest BCUT2D eigenvalue weighted by Gasteiger charge is -1.99. The minimum atomic E-state index is -0.115. The monoisotopic (exact) mass is 154 g/mol. The molecule has 11 heavy (non-hydrogen) atoms. The quantitative estimate of drug-likeness (QED) is 0.364. The van der Waals surface area contributed by atoms with Gasteiger partial charge in [0.1, 0.15) is 5.75 Å². The fourth-order valence-electron chi connectivity index (χ4n) is 0.748. The third-order valence-electron chi connectivity index (χ3n) is 1.19. The second-order valence-electron chi connectivity index (χ2n) is 2.23. The smallest absolute Gasteiger partial charge is 0.221 e. The van der Waals surface area contributed by atoms with Crippen LogP contribution in [-0.4, -0.2) is 11.0 Å². The fraction of sp³-hybridized carbons (Fsp3) is 0.125. The highest BCUT2D eigenvalue weighted by atomic mass is 16.3. The summed E-state index contributed by atoms with van der Waals surface area (Å²) in [4.78, 5) is 10.5. The first kappa shape index (κ1) is 7.60. The van der Waals surface area contributed by atoms with E-state index in [0.717, 1.165) is 0 Å². The molecule has 1 rings (SSSR count). The highest BCUT2D eigenvalue weighted by molar-refractivity contribution is 5.88. The maximum Gasteiger partial charge on any atom is 0.221 e. The average molecular weight is 154 g/mol. The first-order chi connectivity index (χ1) is 5.18. The fourth-order valence-corrected chi connectivity index (χ4v) is 0.748. The zero-order valence-corrected chi connectivity index (χ0v) is 6.16. The third kappa shape index (κ3) is 2.29. The number of carbonyl (C=O) groups is 1. The van der Waals surface area contributed by atoms with Crippen molar-refractivity contribution in [2.24, 2.45) is 0 Å². The van der Waals surface area contributed by atoms with E-state index in [1.54, 1.807) is 12.1 Å². The van der Waals surface area contributed by atoms with Gasteiger partial charge in [-0.2, -0.15) is 0 Å². The lowest BCUT2D eigenvalue weighted by Crippen LogP contribution is -2.04. The van der Waals surface area contributed by atoms with Crippen LogP contribution in [0.15, 0.2) is 24.3 Å². The van der Waals surface area contributed by atoms with Crippen molar-refractivity contribution in [2.75, 3.05) is 5.32 Å². The highest BCUT2D eigenvalue weighted by Gasteiger charge is 1.93. The van der Waals surface area contributed by atoms with Crippen molar-refractivity contribution in [3.8, 4) is 5.75 Å². The molecule has 3 nitrogen and oxygen atoms in total. The van der Waals surface area contributed by atoms with Gasteiger partial charge in [-0.05, 0) is 24.3 Å².